The average Bonchev–Trinajstić information content (AvgIpc) is 2.63. The van der Waals surface area contributed by atoms with Crippen molar-refractivity contribution in [3.63, 3.8) is 0 Å². The Morgan fingerprint density at radius 1 is 1.27 bits per heavy atom. The number of carbonyl (C=O) groups is 1. The summed E-state index contributed by atoms with van der Waals surface area (Å²) in [6, 6.07) is 10.7. The molecule has 1 N–H and O–H groups in total. The van der Waals surface area contributed by atoms with E-state index in [0.29, 0.717) is 30.0 Å². The first kappa shape index (κ1) is 19.2. The van der Waals surface area contributed by atoms with Crippen LogP contribution in [0.2, 0.25) is 5.02 Å². The molecule has 0 atom stereocenters. The summed E-state index contributed by atoms with van der Waals surface area (Å²) in [6.07, 6.45) is 0. The van der Waals surface area contributed by atoms with Crippen LogP contribution in [0.4, 0.5) is 17.1 Å². The van der Waals surface area contributed by atoms with Gasteiger partial charge in [-0.15, -0.1) is 0 Å². The van der Waals surface area contributed by atoms with E-state index in [1.807, 2.05) is 24.8 Å². The molecule has 1 amide bonds. The molecule has 134 valence electrons. The molecule has 0 spiro atoms. The van der Waals surface area contributed by atoms with Gasteiger partial charge >= 0.3 is 0 Å². The van der Waals surface area contributed by atoms with Crippen molar-refractivity contribution in [3.8, 4) is 6.07 Å². The number of nitriles is 1. The Kier molecular flexibility index (Phi) is 6.15. The number of amides is 1. The highest BCUT2D eigenvalue weighted by Gasteiger charge is 2.20. The quantitative estimate of drug-likeness (QED) is 0.604. The standard InChI is InChI=1S/C18H17ClN4O3/c1-3-22(4-2)17-8-7-14(23(25)26)10-15(17)18(24)21-13-6-5-12(11-20)16(19)9-13/h5-10H,3-4H2,1-2H3,(H,21,24). The third kappa shape index (κ3) is 4.10. The van der Waals surface area contributed by atoms with Crippen molar-refractivity contribution in [1.29, 1.82) is 5.26 Å². The van der Waals surface area contributed by atoms with Crippen LogP contribution in [0.25, 0.3) is 0 Å². The molecule has 0 saturated heterocycles. The second kappa shape index (κ2) is 8.32. The molecule has 0 aliphatic carbocycles. The molecule has 0 aliphatic heterocycles. The predicted molar refractivity (Wildman–Crippen MR) is 101 cm³/mol. The largest absolute Gasteiger partial charge is 0.371 e. The molecule has 0 heterocycles. The van der Waals surface area contributed by atoms with Crippen LogP contribution in [0.5, 0.6) is 0 Å². The molecule has 8 heteroatoms. The number of nitrogens with one attached hydrogen (secondary N) is 1. The molecule has 0 radical (unpaired) electrons. The average molecular weight is 373 g/mol. The molecule has 26 heavy (non-hydrogen) atoms. The molecule has 0 unspecified atom stereocenters. The molecule has 2 rings (SSSR count). The minimum Gasteiger partial charge on any atom is -0.371 e. The molecule has 0 aromatic heterocycles. The van der Waals surface area contributed by atoms with E-state index in [2.05, 4.69) is 5.32 Å². The topological polar surface area (TPSA) is 99.3 Å². The summed E-state index contributed by atoms with van der Waals surface area (Å²) in [5.41, 5.74) is 1.34. The van der Waals surface area contributed by atoms with Crippen molar-refractivity contribution < 1.29 is 9.72 Å². The molecule has 0 aliphatic rings. The van der Waals surface area contributed by atoms with Crippen LogP contribution in [-0.4, -0.2) is 23.9 Å². The van der Waals surface area contributed by atoms with Gasteiger partial charge in [0.05, 0.1) is 26.8 Å². The lowest BCUT2D eigenvalue weighted by Gasteiger charge is -2.23. The summed E-state index contributed by atoms with van der Waals surface area (Å²) >= 11 is 5.98. The number of halogens is 1. The Labute approximate surface area is 155 Å². The lowest BCUT2D eigenvalue weighted by atomic mass is 10.1. The predicted octanol–water partition coefficient (Wildman–Crippen LogP) is 4.22. The van der Waals surface area contributed by atoms with Crippen molar-refractivity contribution in [3.05, 3.63) is 62.7 Å². The first-order chi connectivity index (χ1) is 12.4. The Balaban J connectivity index is 2.42. The number of nitro benzene ring substituents is 1. The van der Waals surface area contributed by atoms with Crippen LogP contribution in [0, 0.1) is 21.4 Å². The van der Waals surface area contributed by atoms with Gasteiger partial charge in [-0.05, 0) is 38.1 Å². The number of rotatable bonds is 6. The Morgan fingerprint density at radius 3 is 2.50 bits per heavy atom. The molecule has 2 aromatic rings. The van der Waals surface area contributed by atoms with Gasteiger partial charge in [0.1, 0.15) is 6.07 Å². The number of non-ortho nitro benzene ring substituents is 1. The molecule has 0 saturated carbocycles. The van der Waals surface area contributed by atoms with E-state index < -0.39 is 10.8 Å². The van der Waals surface area contributed by atoms with E-state index in [0.717, 1.165) is 0 Å². The summed E-state index contributed by atoms with van der Waals surface area (Å²) in [7, 11) is 0. The third-order valence-corrected chi connectivity index (χ3v) is 4.20. The van der Waals surface area contributed by atoms with E-state index in [9.17, 15) is 14.9 Å². The minimum atomic E-state index is -0.540. The first-order valence-corrected chi connectivity index (χ1v) is 8.33. The summed E-state index contributed by atoms with van der Waals surface area (Å²) in [6.45, 7) is 5.18. The van der Waals surface area contributed by atoms with E-state index in [1.54, 1.807) is 12.1 Å². The van der Waals surface area contributed by atoms with Gasteiger partial charge in [-0.25, -0.2) is 0 Å². The maximum atomic E-state index is 12.7. The fourth-order valence-corrected chi connectivity index (χ4v) is 2.76. The van der Waals surface area contributed by atoms with Crippen LogP contribution in [-0.2, 0) is 0 Å². The fraction of sp³-hybridized carbons (Fsp3) is 0.222. The molecule has 0 bridgehead atoms. The van der Waals surface area contributed by atoms with E-state index in [-0.39, 0.29) is 16.3 Å². The van der Waals surface area contributed by atoms with Gasteiger partial charge < -0.3 is 10.2 Å². The Hall–Kier alpha value is -3.11. The molecule has 2 aromatic carbocycles. The molecular formula is C18H17ClN4O3. The normalized spacial score (nSPS) is 10.1. The Morgan fingerprint density at radius 2 is 1.96 bits per heavy atom. The zero-order valence-electron chi connectivity index (χ0n) is 14.3. The van der Waals surface area contributed by atoms with Crippen LogP contribution in [0.3, 0.4) is 0 Å². The van der Waals surface area contributed by atoms with Crippen LogP contribution in [0.1, 0.15) is 29.8 Å². The SMILES string of the molecule is CCN(CC)c1ccc([N+](=O)[O-])cc1C(=O)Nc1ccc(C#N)c(Cl)c1. The van der Waals surface area contributed by atoms with Gasteiger partial charge in [0.25, 0.3) is 11.6 Å². The van der Waals surface area contributed by atoms with E-state index >= 15 is 0 Å². The van der Waals surface area contributed by atoms with Gasteiger partial charge in [0.15, 0.2) is 0 Å². The smallest absolute Gasteiger partial charge is 0.270 e. The highest BCUT2D eigenvalue weighted by Crippen LogP contribution is 2.27. The molecule has 0 fully saturated rings. The zero-order chi connectivity index (χ0) is 19.3. The van der Waals surface area contributed by atoms with Gasteiger partial charge in [0, 0.05) is 30.9 Å². The van der Waals surface area contributed by atoms with Crippen molar-refractivity contribution in [2.45, 2.75) is 13.8 Å². The van der Waals surface area contributed by atoms with Crippen molar-refractivity contribution in [1.82, 2.24) is 0 Å². The number of carbonyl (C=O) groups excluding carboxylic acids is 1. The van der Waals surface area contributed by atoms with Crippen molar-refractivity contribution in [2.75, 3.05) is 23.3 Å². The van der Waals surface area contributed by atoms with Crippen molar-refractivity contribution in [2.24, 2.45) is 0 Å². The van der Waals surface area contributed by atoms with Gasteiger partial charge in [-0.3, -0.25) is 14.9 Å². The maximum Gasteiger partial charge on any atom is 0.270 e. The fourth-order valence-electron chi connectivity index (χ4n) is 2.54. The van der Waals surface area contributed by atoms with E-state index in [1.165, 1.54) is 24.3 Å². The van der Waals surface area contributed by atoms with Crippen LogP contribution < -0.4 is 10.2 Å². The summed E-state index contributed by atoms with van der Waals surface area (Å²) in [4.78, 5) is 25.2. The molecule has 7 nitrogen and oxygen atoms in total. The number of anilines is 2. The second-order valence-corrected chi connectivity index (χ2v) is 5.80. The highest BCUT2D eigenvalue weighted by molar-refractivity contribution is 6.32. The zero-order valence-corrected chi connectivity index (χ0v) is 15.1. The number of nitro groups is 1. The monoisotopic (exact) mass is 372 g/mol. The van der Waals surface area contributed by atoms with Gasteiger partial charge in [0.2, 0.25) is 0 Å². The third-order valence-electron chi connectivity index (χ3n) is 3.89. The van der Waals surface area contributed by atoms with Crippen molar-refractivity contribution >= 4 is 34.6 Å². The number of hydrogen-bond acceptors (Lipinski definition) is 5. The molecular weight excluding hydrogens is 356 g/mol. The van der Waals surface area contributed by atoms with Crippen LogP contribution in [0.15, 0.2) is 36.4 Å². The lowest BCUT2D eigenvalue weighted by Crippen LogP contribution is -2.25. The number of hydrogen-bond donors (Lipinski definition) is 1. The highest BCUT2D eigenvalue weighted by atomic mass is 35.5. The number of nitrogens with zero attached hydrogens (tertiary/aromatic N) is 3. The van der Waals surface area contributed by atoms with Gasteiger partial charge in [-0.2, -0.15) is 5.26 Å². The van der Waals surface area contributed by atoms with E-state index in [4.69, 9.17) is 16.9 Å². The number of benzene rings is 2. The summed E-state index contributed by atoms with van der Waals surface area (Å²) < 4.78 is 0. The summed E-state index contributed by atoms with van der Waals surface area (Å²) in [5, 5.41) is 22.9. The minimum absolute atomic E-state index is 0.163. The van der Waals surface area contributed by atoms with Gasteiger partial charge in [-0.1, -0.05) is 11.6 Å². The first-order valence-electron chi connectivity index (χ1n) is 7.95. The summed E-state index contributed by atoms with van der Waals surface area (Å²) in [5.74, 6) is -0.489. The lowest BCUT2D eigenvalue weighted by molar-refractivity contribution is -0.384. The second-order valence-electron chi connectivity index (χ2n) is 5.39. The maximum absolute atomic E-state index is 12.7. The van der Waals surface area contributed by atoms with Crippen LogP contribution >= 0.6 is 11.6 Å². The Bertz CT molecular complexity index is 888.